The molecule has 1 spiro atoms. The predicted octanol–water partition coefficient (Wildman–Crippen LogP) is 2.93. The Bertz CT molecular complexity index is 444. The molecule has 0 heterocycles. The van der Waals surface area contributed by atoms with Gasteiger partial charge in [0.15, 0.2) is 0 Å². The van der Waals surface area contributed by atoms with Gasteiger partial charge in [0.1, 0.15) is 5.78 Å². The number of aliphatic hydroxyl groups is 2. The Labute approximate surface area is 128 Å². The summed E-state index contributed by atoms with van der Waals surface area (Å²) >= 11 is 0. The summed E-state index contributed by atoms with van der Waals surface area (Å²) in [4.78, 5) is 13.1. The molecule has 120 valence electrons. The molecule has 5 atom stereocenters. The molecular weight excluding hydrogens is 264 g/mol. The van der Waals surface area contributed by atoms with E-state index in [1.54, 1.807) is 0 Å². The van der Waals surface area contributed by atoms with Crippen LogP contribution in [0.25, 0.3) is 0 Å². The fourth-order valence-corrected chi connectivity index (χ4v) is 6.22. The van der Waals surface area contributed by atoms with Crippen LogP contribution < -0.4 is 0 Å². The van der Waals surface area contributed by atoms with Crippen molar-refractivity contribution >= 4 is 5.78 Å². The van der Waals surface area contributed by atoms with Crippen LogP contribution >= 0.6 is 0 Å². The Kier molecular flexibility index (Phi) is 3.53. The van der Waals surface area contributed by atoms with Crippen molar-refractivity contribution in [1.82, 2.24) is 0 Å². The third-order valence-corrected chi connectivity index (χ3v) is 7.36. The highest BCUT2D eigenvalue weighted by Crippen LogP contribution is 2.68. The largest absolute Gasteiger partial charge is 0.396 e. The minimum absolute atomic E-state index is 0.0217. The summed E-state index contributed by atoms with van der Waals surface area (Å²) in [5.74, 6) is 0.737. The molecule has 3 nitrogen and oxygen atoms in total. The standard InChI is InChI=1S/C18H30O3/c1-16(2)8-4-5-14(21)18(16)10-7-13(20)12-6-9-17(3,11-19)15(12)18/h12-13,15,19-20H,4-11H2,1-3H3/t12-,13+,15-,17+,18-/m1/s1. The maximum absolute atomic E-state index is 13.1. The molecule has 0 radical (unpaired) electrons. The molecule has 0 aromatic rings. The van der Waals surface area contributed by atoms with Gasteiger partial charge in [-0.15, -0.1) is 0 Å². The van der Waals surface area contributed by atoms with Crippen LogP contribution in [0.3, 0.4) is 0 Å². The number of carbonyl (C=O) groups is 1. The van der Waals surface area contributed by atoms with Crippen molar-refractivity contribution in [2.24, 2.45) is 28.1 Å². The highest BCUT2D eigenvalue weighted by molar-refractivity contribution is 5.87. The summed E-state index contributed by atoms with van der Waals surface area (Å²) in [7, 11) is 0. The lowest BCUT2D eigenvalue weighted by Gasteiger charge is -2.60. The second-order valence-electron chi connectivity index (χ2n) is 8.73. The van der Waals surface area contributed by atoms with E-state index in [1.165, 1.54) is 0 Å². The van der Waals surface area contributed by atoms with Crippen molar-refractivity contribution in [1.29, 1.82) is 0 Å². The van der Waals surface area contributed by atoms with E-state index in [2.05, 4.69) is 20.8 Å². The zero-order chi connectivity index (χ0) is 15.5. The fourth-order valence-electron chi connectivity index (χ4n) is 6.22. The topological polar surface area (TPSA) is 57.5 Å². The molecule has 3 rings (SSSR count). The zero-order valence-corrected chi connectivity index (χ0v) is 13.7. The first kappa shape index (κ1) is 15.5. The van der Waals surface area contributed by atoms with Gasteiger partial charge in [-0.2, -0.15) is 0 Å². The van der Waals surface area contributed by atoms with Gasteiger partial charge in [-0.1, -0.05) is 20.8 Å². The van der Waals surface area contributed by atoms with Crippen LogP contribution in [-0.4, -0.2) is 28.7 Å². The SMILES string of the molecule is CC1(C)CCCC(=O)[C@@]12CC[C@H](O)[C@H]1CC[C@@](C)(CO)[C@@H]12. The van der Waals surface area contributed by atoms with E-state index in [0.717, 1.165) is 38.5 Å². The smallest absolute Gasteiger partial charge is 0.139 e. The van der Waals surface area contributed by atoms with Gasteiger partial charge in [-0.05, 0) is 61.2 Å². The Morgan fingerprint density at radius 3 is 2.48 bits per heavy atom. The summed E-state index contributed by atoms with van der Waals surface area (Å²) in [5, 5.41) is 20.5. The van der Waals surface area contributed by atoms with Crippen molar-refractivity contribution in [3.63, 3.8) is 0 Å². The Balaban J connectivity index is 2.13. The van der Waals surface area contributed by atoms with E-state index in [9.17, 15) is 15.0 Å². The second-order valence-corrected chi connectivity index (χ2v) is 8.73. The third-order valence-electron chi connectivity index (χ3n) is 7.36. The van der Waals surface area contributed by atoms with E-state index >= 15 is 0 Å². The average Bonchev–Trinajstić information content (AvgIpc) is 2.78. The predicted molar refractivity (Wildman–Crippen MR) is 81.7 cm³/mol. The Hall–Kier alpha value is -0.410. The molecule has 2 N–H and O–H groups in total. The number of hydrogen-bond acceptors (Lipinski definition) is 3. The summed E-state index contributed by atoms with van der Waals surface area (Å²) in [6.07, 6.45) is 5.90. The highest BCUT2D eigenvalue weighted by Gasteiger charge is 2.67. The zero-order valence-electron chi connectivity index (χ0n) is 13.7. The Morgan fingerprint density at radius 2 is 1.86 bits per heavy atom. The molecule has 0 unspecified atom stereocenters. The van der Waals surface area contributed by atoms with Gasteiger partial charge in [0.05, 0.1) is 6.10 Å². The van der Waals surface area contributed by atoms with Crippen molar-refractivity contribution in [2.45, 2.75) is 71.8 Å². The number of carbonyl (C=O) groups excluding carboxylic acids is 1. The number of hydrogen-bond donors (Lipinski definition) is 2. The van der Waals surface area contributed by atoms with Gasteiger partial charge in [-0.25, -0.2) is 0 Å². The van der Waals surface area contributed by atoms with E-state index in [-0.39, 0.29) is 40.8 Å². The summed E-state index contributed by atoms with van der Waals surface area (Å²) in [6, 6.07) is 0. The van der Waals surface area contributed by atoms with Gasteiger partial charge in [0.2, 0.25) is 0 Å². The molecule has 3 fully saturated rings. The molecule has 0 bridgehead atoms. The lowest BCUT2D eigenvalue weighted by atomic mass is 9.43. The maximum Gasteiger partial charge on any atom is 0.139 e. The van der Waals surface area contributed by atoms with Crippen molar-refractivity contribution in [3.8, 4) is 0 Å². The minimum Gasteiger partial charge on any atom is -0.396 e. The normalized spacial score (nSPS) is 49.4. The average molecular weight is 294 g/mol. The van der Waals surface area contributed by atoms with E-state index < -0.39 is 0 Å². The van der Waals surface area contributed by atoms with Crippen molar-refractivity contribution < 1.29 is 15.0 Å². The molecule has 0 amide bonds. The van der Waals surface area contributed by atoms with Crippen molar-refractivity contribution in [3.05, 3.63) is 0 Å². The maximum atomic E-state index is 13.1. The highest BCUT2D eigenvalue weighted by atomic mass is 16.3. The molecule has 0 saturated heterocycles. The molecule has 21 heavy (non-hydrogen) atoms. The van der Waals surface area contributed by atoms with Gasteiger partial charge in [0.25, 0.3) is 0 Å². The van der Waals surface area contributed by atoms with E-state index in [0.29, 0.717) is 12.2 Å². The molecule has 0 aromatic carbocycles. The lowest BCUT2D eigenvalue weighted by Crippen LogP contribution is -2.61. The van der Waals surface area contributed by atoms with Crippen LogP contribution in [-0.2, 0) is 4.79 Å². The summed E-state index contributed by atoms with van der Waals surface area (Å²) < 4.78 is 0. The molecule has 3 heteroatoms. The van der Waals surface area contributed by atoms with Gasteiger partial charge < -0.3 is 10.2 Å². The first-order chi connectivity index (χ1) is 9.78. The van der Waals surface area contributed by atoms with Gasteiger partial charge >= 0.3 is 0 Å². The molecule has 3 aliphatic carbocycles. The molecule has 0 aliphatic heterocycles. The first-order valence-electron chi connectivity index (χ1n) is 8.61. The quantitative estimate of drug-likeness (QED) is 0.782. The van der Waals surface area contributed by atoms with Crippen LogP contribution in [0.15, 0.2) is 0 Å². The van der Waals surface area contributed by atoms with E-state index in [4.69, 9.17) is 0 Å². The summed E-state index contributed by atoms with van der Waals surface area (Å²) in [6.45, 7) is 6.76. The molecular formula is C18H30O3. The van der Waals surface area contributed by atoms with Crippen LogP contribution in [0.2, 0.25) is 0 Å². The first-order valence-corrected chi connectivity index (χ1v) is 8.61. The molecule has 3 aliphatic rings. The van der Waals surface area contributed by atoms with E-state index in [1.807, 2.05) is 0 Å². The number of ketones is 1. The van der Waals surface area contributed by atoms with Gasteiger partial charge in [-0.3, -0.25) is 4.79 Å². The van der Waals surface area contributed by atoms with Crippen LogP contribution in [0.5, 0.6) is 0 Å². The number of fused-ring (bicyclic) bond motifs is 2. The molecule has 0 aromatic heterocycles. The fraction of sp³-hybridized carbons (Fsp3) is 0.944. The number of Topliss-reactive ketones (excluding diaryl/α,β-unsaturated/α-hetero) is 1. The monoisotopic (exact) mass is 294 g/mol. The van der Waals surface area contributed by atoms with Gasteiger partial charge in [0, 0.05) is 18.4 Å². The van der Waals surface area contributed by atoms with Crippen LogP contribution in [0, 0.1) is 28.1 Å². The van der Waals surface area contributed by atoms with Crippen molar-refractivity contribution in [2.75, 3.05) is 6.61 Å². The van der Waals surface area contributed by atoms with Crippen LogP contribution in [0.4, 0.5) is 0 Å². The Morgan fingerprint density at radius 1 is 1.14 bits per heavy atom. The van der Waals surface area contributed by atoms with Crippen LogP contribution in [0.1, 0.15) is 65.7 Å². The minimum atomic E-state index is -0.330. The third kappa shape index (κ3) is 1.89. The second kappa shape index (κ2) is 4.79. The summed E-state index contributed by atoms with van der Waals surface area (Å²) in [5.41, 5.74) is -0.564. The lowest BCUT2D eigenvalue weighted by molar-refractivity contribution is -0.175. The number of rotatable bonds is 1. The molecule has 3 saturated carbocycles. The number of aliphatic hydroxyl groups excluding tert-OH is 2.